The third-order valence-corrected chi connectivity index (χ3v) is 5.98. The average Bonchev–Trinajstić information content (AvgIpc) is 2.89. The number of pyridine rings is 2. The van der Waals surface area contributed by atoms with Gasteiger partial charge in [0.2, 0.25) is 0 Å². The molecule has 9 nitrogen and oxygen atoms in total. The maximum Gasteiger partial charge on any atom is 0.257 e. The number of hydrogen-bond acceptors (Lipinski definition) is 8. The van der Waals surface area contributed by atoms with Gasteiger partial charge in [-0.25, -0.2) is 15.0 Å². The molecule has 1 saturated heterocycles. The number of hydrogen-bond donors (Lipinski definition) is 2. The Morgan fingerprint density at radius 2 is 1.76 bits per heavy atom. The summed E-state index contributed by atoms with van der Waals surface area (Å²) in [5.41, 5.74) is 2.26. The maximum atomic E-state index is 13.0. The molecule has 0 unspecified atom stereocenters. The van der Waals surface area contributed by atoms with Crippen LogP contribution in [0.5, 0.6) is 0 Å². The highest BCUT2D eigenvalue weighted by atomic mass is 16.1. The fraction of sp³-hybridized carbons (Fsp3) is 0.240. The number of piperazine rings is 1. The first-order chi connectivity index (χ1) is 16.6. The Morgan fingerprint density at radius 3 is 2.59 bits per heavy atom. The van der Waals surface area contributed by atoms with Crippen molar-refractivity contribution in [3.63, 3.8) is 0 Å². The second-order valence-electron chi connectivity index (χ2n) is 8.32. The molecule has 0 aliphatic carbocycles. The van der Waals surface area contributed by atoms with Crippen LogP contribution in [0.1, 0.15) is 10.4 Å². The van der Waals surface area contributed by atoms with Crippen molar-refractivity contribution in [3.8, 4) is 11.3 Å². The predicted octanol–water partition coefficient (Wildman–Crippen LogP) is 3.13. The van der Waals surface area contributed by atoms with Crippen LogP contribution in [-0.4, -0.2) is 71.0 Å². The second kappa shape index (κ2) is 9.40. The van der Waals surface area contributed by atoms with Gasteiger partial charge in [-0.05, 0) is 36.7 Å². The number of nitrogens with zero attached hydrogens (tertiary/aromatic N) is 6. The first-order valence-corrected chi connectivity index (χ1v) is 11.2. The Labute approximate surface area is 197 Å². The van der Waals surface area contributed by atoms with Gasteiger partial charge in [-0.2, -0.15) is 0 Å². The average molecular weight is 455 g/mol. The molecule has 4 heterocycles. The monoisotopic (exact) mass is 454 g/mol. The van der Waals surface area contributed by atoms with E-state index in [2.05, 4.69) is 47.4 Å². The van der Waals surface area contributed by atoms with E-state index >= 15 is 0 Å². The zero-order chi connectivity index (χ0) is 23.5. The number of benzene rings is 1. The van der Waals surface area contributed by atoms with Crippen molar-refractivity contribution < 1.29 is 4.79 Å². The molecule has 1 aliphatic rings. The summed E-state index contributed by atoms with van der Waals surface area (Å²) >= 11 is 0. The van der Waals surface area contributed by atoms with Gasteiger partial charge in [-0.1, -0.05) is 12.1 Å². The van der Waals surface area contributed by atoms with E-state index in [9.17, 15) is 4.79 Å². The molecule has 1 aliphatic heterocycles. The number of aromatic nitrogens is 4. The lowest BCUT2D eigenvalue weighted by molar-refractivity contribution is 0.102. The Morgan fingerprint density at radius 1 is 0.912 bits per heavy atom. The van der Waals surface area contributed by atoms with Crippen LogP contribution in [-0.2, 0) is 0 Å². The summed E-state index contributed by atoms with van der Waals surface area (Å²) in [5.74, 6) is 1.80. The van der Waals surface area contributed by atoms with Crippen LogP contribution in [0.15, 0.2) is 61.2 Å². The van der Waals surface area contributed by atoms with E-state index in [1.807, 2.05) is 37.4 Å². The number of carbonyl (C=O) groups excluding carboxylic acids is 1. The Hall–Kier alpha value is -4.11. The van der Waals surface area contributed by atoms with Gasteiger partial charge in [0, 0.05) is 62.1 Å². The zero-order valence-electron chi connectivity index (χ0n) is 19.2. The van der Waals surface area contributed by atoms with Crippen molar-refractivity contribution in [1.29, 1.82) is 0 Å². The summed E-state index contributed by atoms with van der Waals surface area (Å²) < 4.78 is 0. The summed E-state index contributed by atoms with van der Waals surface area (Å²) in [6, 6.07) is 11.4. The minimum Gasteiger partial charge on any atom is -0.372 e. The molecule has 5 rings (SSSR count). The molecule has 1 fully saturated rings. The lowest BCUT2D eigenvalue weighted by Gasteiger charge is -2.33. The highest BCUT2D eigenvalue weighted by molar-refractivity contribution is 6.05. The molecular formula is C25H26N8O. The van der Waals surface area contributed by atoms with Crippen LogP contribution in [0.3, 0.4) is 0 Å². The Bertz CT molecular complexity index is 1330. The number of likely N-dealkylation sites (N-methyl/N-ethyl adjacent to an activating group) is 1. The smallest absolute Gasteiger partial charge is 0.257 e. The lowest BCUT2D eigenvalue weighted by Crippen LogP contribution is -2.44. The SMILES string of the molecule is CNc1cncc(-c2ccc3cnc(NC(=O)c4ccnc(N5CCN(C)CC5)c4)cc3c2)n1. The van der Waals surface area contributed by atoms with E-state index in [1.54, 1.807) is 30.9 Å². The third-order valence-electron chi connectivity index (χ3n) is 5.98. The van der Waals surface area contributed by atoms with Crippen molar-refractivity contribution in [2.75, 3.05) is 55.8 Å². The van der Waals surface area contributed by atoms with Crippen LogP contribution in [0, 0.1) is 0 Å². The Kier molecular flexibility index (Phi) is 6.01. The molecule has 1 amide bonds. The topological polar surface area (TPSA) is 99.2 Å². The van der Waals surface area contributed by atoms with Gasteiger partial charge in [0.05, 0.1) is 18.1 Å². The second-order valence-corrected chi connectivity index (χ2v) is 8.32. The number of fused-ring (bicyclic) bond motifs is 1. The number of anilines is 3. The van der Waals surface area contributed by atoms with Gasteiger partial charge >= 0.3 is 0 Å². The van der Waals surface area contributed by atoms with Crippen molar-refractivity contribution >= 4 is 34.1 Å². The summed E-state index contributed by atoms with van der Waals surface area (Å²) in [5, 5.41) is 7.85. The van der Waals surface area contributed by atoms with Crippen LogP contribution in [0.25, 0.3) is 22.0 Å². The number of rotatable bonds is 5. The summed E-state index contributed by atoms with van der Waals surface area (Å²) in [6.45, 7) is 3.74. The highest BCUT2D eigenvalue weighted by Crippen LogP contribution is 2.25. The molecule has 0 atom stereocenters. The van der Waals surface area contributed by atoms with E-state index in [0.717, 1.165) is 54.0 Å². The molecule has 3 aromatic heterocycles. The molecule has 34 heavy (non-hydrogen) atoms. The van der Waals surface area contributed by atoms with Gasteiger partial charge in [0.1, 0.15) is 17.5 Å². The minimum absolute atomic E-state index is 0.214. The molecule has 1 aromatic carbocycles. The predicted molar refractivity (Wildman–Crippen MR) is 134 cm³/mol. The van der Waals surface area contributed by atoms with Crippen LogP contribution < -0.4 is 15.5 Å². The van der Waals surface area contributed by atoms with Gasteiger partial charge < -0.3 is 20.4 Å². The summed E-state index contributed by atoms with van der Waals surface area (Å²) in [4.78, 5) is 35.1. The number of amides is 1. The normalized spacial score (nSPS) is 14.2. The van der Waals surface area contributed by atoms with Crippen LogP contribution in [0.2, 0.25) is 0 Å². The van der Waals surface area contributed by atoms with Gasteiger partial charge in [0.25, 0.3) is 5.91 Å². The quantitative estimate of drug-likeness (QED) is 0.475. The molecule has 0 radical (unpaired) electrons. The summed E-state index contributed by atoms with van der Waals surface area (Å²) in [7, 11) is 3.92. The van der Waals surface area contributed by atoms with Gasteiger partial charge in [0.15, 0.2) is 0 Å². The van der Waals surface area contributed by atoms with E-state index < -0.39 is 0 Å². The fourth-order valence-electron chi connectivity index (χ4n) is 3.95. The first kappa shape index (κ1) is 21.7. The van der Waals surface area contributed by atoms with Crippen LogP contribution >= 0.6 is 0 Å². The van der Waals surface area contributed by atoms with Crippen molar-refractivity contribution in [2.45, 2.75) is 0 Å². The van der Waals surface area contributed by atoms with E-state index in [0.29, 0.717) is 17.2 Å². The molecule has 0 spiro atoms. The lowest BCUT2D eigenvalue weighted by atomic mass is 10.1. The van der Waals surface area contributed by atoms with Crippen molar-refractivity contribution in [1.82, 2.24) is 24.8 Å². The fourth-order valence-corrected chi connectivity index (χ4v) is 3.95. The molecular weight excluding hydrogens is 428 g/mol. The first-order valence-electron chi connectivity index (χ1n) is 11.2. The summed E-state index contributed by atoms with van der Waals surface area (Å²) in [6.07, 6.45) is 6.85. The van der Waals surface area contributed by atoms with E-state index in [1.165, 1.54) is 0 Å². The zero-order valence-corrected chi connectivity index (χ0v) is 19.2. The molecule has 9 heteroatoms. The molecule has 0 saturated carbocycles. The number of nitrogens with one attached hydrogen (secondary N) is 2. The van der Waals surface area contributed by atoms with Crippen molar-refractivity contribution in [2.24, 2.45) is 0 Å². The molecule has 0 bridgehead atoms. The van der Waals surface area contributed by atoms with Gasteiger partial charge in [-0.15, -0.1) is 0 Å². The molecule has 172 valence electrons. The standard InChI is InChI=1S/C25H26N8O/c1-26-23-16-27-15-21(30-23)17-3-4-19-14-29-22(12-20(19)11-17)31-25(34)18-5-6-28-24(13-18)33-9-7-32(2)8-10-33/h3-6,11-16H,7-10H2,1-2H3,(H,26,30)(H,29,31,34). The van der Waals surface area contributed by atoms with E-state index in [4.69, 9.17) is 0 Å². The maximum absolute atomic E-state index is 13.0. The van der Waals surface area contributed by atoms with Crippen molar-refractivity contribution in [3.05, 3.63) is 66.7 Å². The molecule has 4 aromatic rings. The van der Waals surface area contributed by atoms with E-state index in [-0.39, 0.29) is 5.91 Å². The highest BCUT2D eigenvalue weighted by Gasteiger charge is 2.17. The largest absolute Gasteiger partial charge is 0.372 e. The third kappa shape index (κ3) is 4.65. The number of carbonyl (C=O) groups is 1. The Balaban J connectivity index is 1.36. The minimum atomic E-state index is -0.214. The van der Waals surface area contributed by atoms with Gasteiger partial charge in [-0.3, -0.25) is 9.78 Å². The molecule has 2 N–H and O–H groups in total. The van der Waals surface area contributed by atoms with Crippen LogP contribution in [0.4, 0.5) is 17.5 Å².